The van der Waals surface area contributed by atoms with Gasteiger partial charge in [-0.2, -0.15) is 0 Å². The van der Waals surface area contributed by atoms with Crippen LogP contribution in [-0.2, 0) is 15.4 Å². The Kier molecular flexibility index (Phi) is 6.15. The Bertz CT molecular complexity index is 1240. The molecule has 0 amide bonds. The van der Waals surface area contributed by atoms with Gasteiger partial charge in [-0.1, -0.05) is 87.5 Å². The molecule has 0 saturated carbocycles. The third-order valence-electron chi connectivity index (χ3n) is 4.96. The van der Waals surface area contributed by atoms with Crippen LogP contribution in [0.5, 0.6) is 0 Å². The smallest absolute Gasteiger partial charge is 0.336 e. The summed E-state index contributed by atoms with van der Waals surface area (Å²) in [6, 6.07) is 22.0. The lowest BCUT2D eigenvalue weighted by Gasteiger charge is -2.26. The van der Waals surface area contributed by atoms with Gasteiger partial charge in [0.15, 0.2) is 0 Å². The van der Waals surface area contributed by atoms with Crippen LogP contribution < -0.4 is 5.14 Å². The average Bonchev–Trinajstić information content (AvgIpc) is 2.71. The average molecular weight is 436 g/mol. The molecule has 0 aliphatic heterocycles. The molecule has 0 aliphatic carbocycles. The van der Waals surface area contributed by atoms with Crippen molar-refractivity contribution in [2.75, 3.05) is 0 Å². The molecule has 31 heavy (non-hydrogen) atoms. The van der Waals surface area contributed by atoms with Gasteiger partial charge >= 0.3 is 5.97 Å². The summed E-state index contributed by atoms with van der Waals surface area (Å²) < 4.78 is 24.1. The first-order chi connectivity index (χ1) is 14.5. The van der Waals surface area contributed by atoms with E-state index in [1.807, 2.05) is 69.3 Å². The maximum Gasteiger partial charge on any atom is 0.336 e. The van der Waals surface area contributed by atoms with Gasteiger partial charge in [0, 0.05) is 11.1 Å². The zero-order valence-corrected chi connectivity index (χ0v) is 18.5. The Labute approximate surface area is 182 Å². The van der Waals surface area contributed by atoms with Crippen LogP contribution in [0.1, 0.15) is 47.8 Å². The van der Waals surface area contributed by atoms with Gasteiger partial charge in [0.05, 0.1) is 11.0 Å². The van der Waals surface area contributed by atoms with Gasteiger partial charge in [-0.15, -0.1) is 0 Å². The monoisotopic (exact) mass is 435 g/mol. The highest BCUT2D eigenvalue weighted by Crippen LogP contribution is 2.37. The number of aromatic carboxylic acids is 1. The first kappa shape index (κ1) is 22.5. The van der Waals surface area contributed by atoms with Gasteiger partial charge in [0.25, 0.3) is 0 Å². The Morgan fingerprint density at radius 2 is 1.45 bits per heavy atom. The van der Waals surface area contributed by atoms with Crippen LogP contribution in [-0.4, -0.2) is 19.5 Å². The van der Waals surface area contributed by atoms with E-state index in [0.29, 0.717) is 11.1 Å². The molecular formula is C25H25NO4S. The van der Waals surface area contributed by atoms with Crippen molar-refractivity contribution < 1.29 is 18.3 Å². The number of primary sulfonamides is 1. The Morgan fingerprint density at radius 3 is 1.97 bits per heavy atom. The molecule has 3 N–H and O–H groups in total. The molecule has 0 atom stereocenters. The third kappa shape index (κ3) is 5.29. The lowest BCUT2D eigenvalue weighted by Crippen LogP contribution is -2.18. The standard InChI is InChI=1S/C25H25NO4S/c1-25(2,3)22-11-7-10-20(24(27)28)23(22)21(16-31(26,29)30)19-14-12-18(13-15-19)17-8-5-4-6-9-17/h4-16H,1-3H3,(H,27,28)(H2,26,29,30). The number of carbonyl (C=O) groups is 1. The van der Waals surface area contributed by atoms with Crippen molar-refractivity contribution in [3.8, 4) is 11.1 Å². The van der Waals surface area contributed by atoms with E-state index >= 15 is 0 Å². The molecule has 0 radical (unpaired) electrons. The van der Waals surface area contributed by atoms with Crippen molar-refractivity contribution in [2.24, 2.45) is 5.14 Å². The molecule has 160 valence electrons. The summed E-state index contributed by atoms with van der Waals surface area (Å²) in [4.78, 5) is 12.0. The number of carboxylic acids is 1. The molecule has 3 aromatic carbocycles. The second-order valence-corrected chi connectivity index (χ2v) is 9.76. The fraction of sp³-hybridized carbons (Fsp3) is 0.160. The van der Waals surface area contributed by atoms with E-state index in [1.54, 1.807) is 18.2 Å². The van der Waals surface area contributed by atoms with Gasteiger partial charge in [-0.25, -0.2) is 18.4 Å². The van der Waals surface area contributed by atoms with E-state index in [9.17, 15) is 18.3 Å². The van der Waals surface area contributed by atoms with Crippen LogP contribution in [0.2, 0.25) is 0 Å². The first-order valence-electron chi connectivity index (χ1n) is 9.75. The first-order valence-corrected chi connectivity index (χ1v) is 11.4. The highest BCUT2D eigenvalue weighted by Gasteiger charge is 2.26. The van der Waals surface area contributed by atoms with Crippen molar-refractivity contribution >= 4 is 21.6 Å². The van der Waals surface area contributed by atoms with Crippen molar-refractivity contribution in [3.63, 3.8) is 0 Å². The predicted molar refractivity (Wildman–Crippen MR) is 124 cm³/mol. The summed E-state index contributed by atoms with van der Waals surface area (Å²) in [6.07, 6.45) is 0. The topological polar surface area (TPSA) is 97.5 Å². The predicted octanol–water partition coefficient (Wildman–Crippen LogP) is 5.03. The number of benzene rings is 3. The van der Waals surface area contributed by atoms with Crippen LogP contribution in [0, 0.1) is 0 Å². The highest BCUT2D eigenvalue weighted by atomic mass is 32.2. The van der Waals surface area contributed by atoms with Gasteiger partial charge in [-0.05, 0) is 33.7 Å². The van der Waals surface area contributed by atoms with Gasteiger partial charge < -0.3 is 5.11 Å². The van der Waals surface area contributed by atoms with Crippen LogP contribution in [0.3, 0.4) is 0 Å². The molecule has 0 fully saturated rings. The number of carboxylic acid groups (broad SMARTS) is 1. The fourth-order valence-corrected chi connectivity index (χ4v) is 4.14. The minimum absolute atomic E-state index is 0.0226. The molecule has 6 heteroatoms. The summed E-state index contributed by atoms with van der Waals surface area (Å²) in [5.74, 6) is -1.14. The van der Waals surface area contributed by atoms with E-state index in [2.05, 4.69) is 0 Å². The second kappa shape index (κ2) is 8.49. The summed E-state index contributed by atoms with van der Waals surface area (Å²) in [6.45, 7) is 5.85. The molecular weight excluding hydrogens is 410 g/mol. The second-order valence-electron chi connectivity index (χ2n) is 8.35. The molecule has 0 heterocycles. The summed E-state index contributed by atoms with van der Waals surface area (Å²) >= 11 is 0. The molecule has 0 spiro atoms. The van der Waals surface area contributed by atoms with E-state index in [4.69, 9.17) is 5.14 Å². The number of rotatable bonds is 5. The lowest BCUT2D eigenvalue weighted by atomic mass is 9.78. The number of hydrogen-bond acceptors (Lipinski definition) is 3. The van der Waals surface area contributed by atoms with Crippen LogP contribution >= 0.6 is 0 Å². The summed E-state index contributed by atoms with van der Waals surface area (Å²) in [5, 5.41) is 16.1. The van der Waals surface area contributed by atoms with Gasteiger partial charge in [0.2, 0.25) is 10.0 Å². The molecule has 3 aromatic rings. The maximum absolute atomic E-state index is 12.1. The molecule has 0 saturated heterocycles. The number of sulfonamides is 1. The van der Waals surface area contributed by atoms with Crippen molar-refractivity contribution in [1.29, 1.82) is 0 Å². The van der Waals surface area contributed by atoms with E-state index in [-0.39, 0.29) is 11.1 Å². The Balaban J connectivity index is 2.28. The molecule has 0 aliphatic rings. The number of nitrogens with two attached hydrogens (primary N) is 1. The number of hydrogen-bond donors (Lipinski definition) is 2. The Morgan fingerprint density at radius 1 is 0.871 bits per heavy atom. The molecule has 0 bridgehead atoms. The van der Waals surface area contributed by atoms with Crippen LogP contribution in [0.25, 0.3) is 16.7 Å². The van der Waals surface area contributed by atoms with Gasteiger partial charge in [-0.3, -0.25) is 0 Å². The summed E-state index contributed by atoms with van der Waals surface area (Å²) in [5.41, 5.74) is 3.46. The van der Waals surface area contributed by atoms with Crippen molar-refractivity contribution in [2.45, 2.75) is 26.2 Å². The van der Waals surface area contributed by atoms with Gasteiger partial charge in [0.1, 0.15) is 0 Å². The zero-order chi connectivity index (χ0) is 22.8. The summed E-state index contributed by atoms with van der Waals surface area (Å²) in [7, 11) is -4.04. The maximum atomic E-state index is 12.1. The molecule has 3 rings (SSSR count). The van der Waals surface area contributed by atoms with E-state index < -0.39 is 21.4 Å². The normalized spacial score (nSPS) is 12.6. The molecule has 5 nitrogen and oxygen atoms in total. The molecule has 0 aromatic heterocycles. The zero-order valence-electron chi connectivity index (χ0n) is 17.7. The Hall–Kier alpha value is -3.22. The van der Waals surface area contributed by atoms with E-state index in [1.165, 1.54) is 6.07 Å². The SMILES string of the molecule is CC(C)(C)c1cccc(C(=O)O)c1C(=CS(N)(=O)=O)c1ccc(-c2ccccc2)cc1. The lowest BCUT2D eigenvalue weighted by molar-refractivity contribution is 0.0696. The van der Waals surface area contributed by atoms with Crippen molar-refractivity contribution in [1.82, 2.24) is 0 Å². The van der Waals surface area contributed by atoms with Crippen LogP contribution in [0.4, 0.5) is 0 Å². The minimum atomic E-state index is -4.04. The molecule has 0 unspecified atom stereocenters. The third-order valence-corrected chi connectivity index (χ3v) is 5.52. The fourth-order valence-electron chi connectivity index (χ4n) is 3.55. The van der Waals surface area contributed by atoms with E-state index in [0.717, 1.165) is 22.1 Å². The van der Waals surface area contributed by atoms with Crippen molar-refractivity contribution in [3.05, 3.63) is 100 Å². The highest BCUT2D eigenvalue weighted by molar-refractivity contribution is 7.92. The minimum Gasteiger partial charge on any atom is -0.478 e. The largest absolute Gasteiger partial charge is 0.478 e. The quantitative estimate of drug-likeness (QED) is 0.587. The van der Waals surface area contributed by atoms with Crippen LogP contribution in [0.15, 0.2) is 78.2 Å².